The molecule has 1 saturated carbocycles. The molecule has 1 aliphatic carbocycles. The van der Waals surface area contributed by atoms with Gasteiger partial charge < -0.3 is 15.8 Å². The molecule has 0 saturated heterocycles. The Morgan fingerprint density at radius 1 is 1.40 bits per heavy atom. The summed E-state index contributed by atoms with van der Waals surface area (Å²) in [6.45, 7) is -0.131. The van der Waals surface area contributed by atoms with Gasteiger partial charge in [0.1, 0.15) is 11.6 Å². The van der Waals surface area contributed by atoms with Gasteiger partial charge in [-0.2, -0.15) is 0 Å². The fourth-order valence-corrected chi connectivity index (χ4v) is 2.49. The van der Waals surface area contributed by atoms with Crippen molar-refractivity contribution in [2.75, 3.05) is 6.61 Å². The van der Waals surface area contributed by atoms with Crippen LogP contribution in [0.25, 0.3) is 0 Å². The Balaban J connectivity index is 1.77. The first-order valence-electron chi connectivity index (χ1n) is 6.67. The highest BCUT2D eigenvalue weighted by molar-refractivity contribution is 6.32. The lowest BCUT2D eigenvalue weighted by Crippen LogP contribution is -2.42. The monoisotopic (exact) mass is 300 g/mol. The summed E-state index contributed by atoms with van der Waals surface area (Å²) in [7, 11) is 0. The Hall–Kier alpha value is -1.33. The molecule has 0 heterocycles. The normalized spacial score (nSPS) is 22.4. The van der Waals surface area contributed by atoms with E-state index in [9.17, 15) is 9.18 Å². The van der Waals surface area contributed by atoms with E-state index in [0.29, 0.717) is 5.75 Å². The van der Waals surface area contributed by atoms with Crippen molar-refractivity contribution in [3.8, 4) is 5.75 Å². The Morgan fingerprint density at radius 3 is 2.75 bits per heavy atom. The standard InChI is InChI=1S/C14H18ClFN2O2/c15-12-7-9(16)1-6-13(12)20-8-14(19)18-11-4-2-10(17)3-5-11/h1,6-7,10-11H,2-5,8,17H2,(H,18,19). The molecule has 0 aromatic heterocycles. The smallest absolute Gasteiger partial charge is 0.258 e. The highest BCUT2D eigenvalue weighted by Gasteiger charge is 2.20. The van der Waals surface area contributed by atoms with E-state index < -0.39 is 5.82 Å². The van der Waals surface area contributed by atoms with E-state index >= 15 is 0 Å². The largest absolute Gasteiger partial charge is 0.482 e. The molecule has 0 atom stereocenters. The minimum atomic E-state index is -0.439. The maximum atomic E-state index is 12.9. The van der Waals surface area contributed by atoms with Crippen molar-refractivity contribution in [3.05, 3.63) is 29.0 Å². The molecule has 0 bridgehead atoms. The first kappa shape index (κ1) is 15.1. The topological polar surface area (TPSA) is 64.3 Å². The summed E-state index contributed by atoms with van der Waals surface area (Å²) in [6.07, 6.45) is 3.64. The van der Waals surface area contributed by atoms with Crippen LogP contribution in [0.3, 0.4) is 0 Å². The van der Waals surface area contributed by atoms with E-state index in [1.165, 1.54) is 12.1 Å². The van der Waals surface area contributed by atoms with Gasteiger partial charge >= 0.3 is 0 Å². The second-order valence-corrected chi connectivity index (χ2v) is 5.45. The minimum absolute atomic E-state index is 0.131. The lowest BCUT2D eigenvalue weighted by molar-refractivity contribution is -0.124. The summed E-state index contributed by atoms with van der Waals surface area (Å²) in [5.41, 5.74) is 5.81. The molecule has 0 unspecified atom stereocenters. The number of benzene rings is 1. The van der Waals surface area contributed by atoms with Crippen LogP contribution in [0.5, 0.6) is 5.75 Å². The summed E-state index contributed by atoms with van der Waals surface area (Å²) in [6, 6.07) is 4.20. The Kier molecular flexibility index (Phi) is 5.20. The number of carbonyl (C=O) groups excluding carboxylic acids is 1. The van der Waals surface area contributed by atoms with Crippen molar-refractivity contribution in [3.63, 3.8) is 0 Å². The molecule has 3 N–H and O–H groups in total. The van der Waals surface area contributed by atoms with Crippen LogP contribution in [0, 0.1) is 5.82 Å². The minimum Gasteiger partial charge on any atom is -0.482 e. The number of amides is 1. The predicted molar refractivity (Wildman–Crippen MR) is 75.3 cm³/mol. The van der Waals surface area contributed by atoms with Gasteiger partial charge in [-0.05, 0) is 43.9 Å². The average Bonchev–Trinajstić information content (AvgIpc) is 2.40. The summed E-state index contributed by atoms with van der Waals surface area (Å²) in [5.74, 6) is -0.343. The summed E-state index contributed by atoms with van der Waals surface area (Å²) in [4.78, 5) is 11.8. The van der Waals surface area contributed by atoms with E-state index in [-0.39, 0.29) is 29.6 Å². The van der Waals surface area contributed by atoms with Gasteiger partial charge in [-0.1, -0.05) is 11.6 Å². The Morgan fingerprint density at radius 2 is 2.10 bits per heavy atom. The lowest BCUT2D eigenvalue weighted by Gasteiger charge is -2.26. The van der Waals surface area contributed by atoms with Crippen LogP contribution >= 0.6 is 11.6 Å². The molecular weight excluding hydrogens is 283 g/mol. The van der Waals surface area contributed by atoms with Crippen LogP contribution in [0.1, 0.15) is 25.7 Å². The molecule has 1 fully saturated rings. The molecule has 1 aliphatic rings. The molecule has 6 heteroatoms. The second-order valence-electron chi connectivity index (χ2n) is 5.04. The van der Waals surface area contributed by atoms with Crippen LogP contribution in [0.4, 0.5) is 4.39 Å². The Labute approximate surface area is 122 Å². The van der Waals surface area contributed by atoms with Crippen LogP contribution < -0.4 is 15.8 Å². The highest BCUT2D eigenvalue weighted by atomic mass is 35.5. The number of nitrogens with two attached hydrogens (primary N) is 1. The second kappa shape index (κ2) is 6.90. The first-order chi connectivity index (χ1) is 9.54. The van der Waals surface area contributed by atoms with Crippen LogP contribution in [-0.4, -0.2) is 24.6 Å². The van der Waals surface area contributed by atoms with Gasteiger partial charge in [0.05, 0.1) is 5.02 Å². The zero-order valence-electron chi connectivity index (χ0n) is 11.1. The SMILES string of the molecule is NC1CCC(NC(=O)COc2ccc(F)cc2Cl)CC1. The van der Waals surface area contributed by atoms with E-state index in [0.717, 1.165) is 31.7 Å². The van der Waals surface area contributed by atoms with Crippen molar-refractivity contribution >= 4 is 17.5 Å². The fourth-order valence-electron chi connectivity index (χ4n) is 2.27. The molecule has 4 nitrogen and oxygen atoms in total. The van der Waals surface area contributed by atoms with Crippen LogP contribution in [-0.2, 0) is 4.79 Å². The fraction of sp³-hybridized carbons (Fsp3) is 0.500. The van der Waals surface area contributed by atoms with Crippen molar-refractivity contribution in [1.82, 2.24) is 5.32 Å². The van der Waals surface area contributed by atoms with Crippen LogP contribution in [0.15, 0.2) is 18.2 Å². The Bertz CT molecular complexity index is 476. The summed E-state index contributed by atoms with van der Waals surface area (Å²) in [5, 5.41) is 3.06. The third-order valence-electron chi connectivity index (χ3n) is 3.39. The molecule has 1 aromatic carbocycles. The third kappa shape index (κ3) is 4.35. The van der Waals surface area contributed by atoms with Gasteiger partial charge in [-0.15, -0.1) is 0 Å². The van der Waals surface area contributed by atoms with Gasteiger partial charge in [-0.25, -0.2) is 4.39 Å². The number of carbonyl (C=O) groups is 1. The molecule has 0 aliphatic heterocycles. The number of hydrogen-bond donors (Lipinski definition) is 2. The third-order valence-corrected chi connectivity index (χ3v) is 3.69. The molecule has 0 spiro atoms. The number of hydrogen-bond acceptors (Lipinski definition) is 3. The number of halogens is 2. The first-order valence-corrected chi connectivity index (χ1v) is 7.05. The predicted octanol–water partition coefficient (Wildman–Crippen LogP) is 2.24. The molecule has 20 heavy (non-hydrogen) atoms. The zero-order chi connectivity index (χ0) is 14.5. The van der Waals surface area contributed by atoms with Crippen molar-refractivity contribution < 1.29 is 13.9 Å². The van der Waals surface area contributed by atoms with Gasteiger partial charge in [0, 0.05) is 12.1 Å². The lowest BCUT2D eigenvalue weighted by atomic mass is 9.92. The van der Waals surface area contributed by atoms with Gasteiger partial charge in [0.25, 0.3) is 5.91 Å². The quantitative estimate of drug-likeness (QED) is 0.896. The summed E-state index contributed by atoms with van der Waals surface area (Å²) < 4.78 is 18.1. The zero-order valence-corrected chi connectivity index (χ0v) is 11.8. The number of nitrogens with one attached hydrogen (secondary N) is 1. The van der Waals surface area contributed by atoms with Crippen molar-refractivity contribution in [1.29, 1.82) is 0 Å². The number of ether oxygens (including phenoxy) is 1. The molecule has 0 radical (unpaired) electrons. The molecule has 1 aromatic rings. The molecular formula is C14H18ClFN2O2. The molecule has 2 rings (SSSR count). The summed E-state index contributed by atoms with van der Waals surface area (Å²) >= 11 is 5.81. The van der Waals surface area contributed by atoms with Crippen molar-refractivity contribution in [2.24, 2.45) is 5.73 Å². The maximum Gasteiger partial charge on any atom is 0.258 e. The van der Waals surface area contributed by atoms with Gasteiger partial charge in [0.15, 0.2) is 6.61 Å². The number of rotatable bonds is 4. The molecule has 110 valence electrons. The van der Waals surface area contributed by atoms with Gasteiger partial charge in [0.2, 0.25) is 0 Å². The van der Waals surface area contributed by atoms with Gasteiger partial charge in [-0.3, -0.25) is 4.79 Å². The van der Waals surface area contributed by atoms with Crippen molar-refractivity contribution in [2.45, 2.75) is 37.8 Å². The highest BCUT2D eigenvalue weighted by Crippen LogP contribution is 2.24. The maximum absolute atomic E-state index is 12.9. The van der Waals surface area contributed by atoms with E-state index in [2.05, 4.69) is 5.32 Å². The molecule has 1 amide bonds. The van der Waals surface area contributed by atoms with E-state index in [4.69, 9.17) is 22.1 Å². The van der Waals surface area contributed by atoms with Crippen LogP contribution in [0.2, 0.25) is 5.02 Å². The van der Waals surface area contributed by atoms with E-state index in [1.807, 2.05) is 0 Å². The average molecular weight is 301 g/mol. The van der Waals surface area contributed by atoms with E-state index in [1.54, 1.807) is 0 Å².